The Hall–Kier alpha value is -4.22. The fourth-order valence-corrected chi connectivity index (χ4v) is 4.46. The highest BCUT2D eigenvalue weighted by atomic mass is 32.2. The summed E-state index contributed by atoms with van der Waals surface area (Å²) in [5.74, 6) is -7.14. The maximum Gasteiger partial charge on any atom is 0.573 e. The van der Waals surface area contributed by atoms with Crippen LogP contribution in [0.25, 0.3) is 22.6 Å². The molecule has 0 spiro atoms. The second-order valence-corrected chi connectivity index (χ2v) is 10.5. The van der Waals surface area contributed by atoms with Crippen molar-refractivity contribution in [1.29, 1.82) is 0 Å². The molecule has 0 aliphatic carbocycles. The first kappa shape index (κ1) is 29.8. The summed E-state index contributed by atoms with van der Waals surface area (Å²) in [6, 6.07) is 7.62. The van der Waals surface area contributed by atoms with E-state index in [0.29, 0.717) is 4.68 Å². The Bertz CT molecular complexity index is 1750. The van der Waals surface area contributed by atoms with Gasteiger partial charge >= 0.3 is 24.2 Å². The monoisotopic (exact) mass is 612 g/mol. The lowest BCUT2D eigenvalue weighted by molar-refractivity contribution is -0.290. The number of nitrogens with zero attached hydrogens (tertiary/aromatic N) is 4. The molecule has 0 N–H and O–H groups in total. The lowest BCUT2D eigenvalue weighted by atomic mass is 10.1. The second kappa shape index (κ2) is 10.3. The molecule has 1 aromatic carbocycles. The highest BCUT2D eigenvalue weighted by Gasteiger charge is 2.58. The minimum atomic E-state index is -5.86. The van der Waals surface area contributed by atoms with Gasteiger partial charge in [0.2, 0.25) is 0 Å². The van der Waals surface area contributed by atoms with Gasteiger partial charge in [-0.25, -0.2) is 22.6 Å². The van der Waals surface area contributed by atoms with Crippen molar-refractivity contribution in [2.45, 2.75) is 30.3 Å². The Morgan fingerprint density at radius 3 is 2.12 bits per heavy atom. The highest BCUT2D eigenvalue weighted by molar-refractivity contribution is 7.91. The van der Waals surface area contributed by atoms with Crippen LogP contribution in [0.4, 0.5) is 35.1 Å². The summed E-state index contributed by atoms with van der Waals surface area (Å²) in [5, 5.41) is 3.96. The van der Waals surface area contributed by atoms with E-state index in [2.05, 4.69) is 19.6 Å². The molecule has 0 bridgehead atoms. The number of hydrogen-bond donors (Lipinski definition) is 0. The number of halogens is 8. The molecule has 4 rings (SSSR count). The Kier molecular flexibility index (Phi) is 7.49. The normalized spacial score (nSPS) is 13.0. The van der Waals surface area contributed by atoms with Gasteiger partial charge in [0.1, 0.15) is 16.4 Å². The van der Waals surface area contributed by atoms with Crippen molar-refractivity contribution in [3.8, 4) is 28.4 Å². The minimum Gasteiger partial charge on any atom is -0.485 e. The van der Waals surface area contributed by atoms with Gasteiger partial charge in [0.25, 0.3) is 0 Å². The van der Waals surface area contributed by atoms with E-state index in [0.717, 1.165) is 47.1 Å². The fourth-order valence-electron chi connectivity index (χ4n) is 3.42. The number of alkyl halides is 8. The molecule has 41 heavy (non-hydrogen) atoms. The summed E-state index contributed by atoms with van der Waals surface area (Å²) in [4.78, 5) is 16.6. The molecule has 0 saturated carbocycles. The number of sulfone groups is 1. The molecule has 0 saturated heterocycles. The van der Waals surface area contributed by atoms with Crippen LogP contribution >= 0.6 is 0 Å². The van der Waals surface area contributed by atoms with Crippen LogP contribution in [0, 0.1) is 0 Å². The molecule has 220 valence electrons. The van der Waals surface area contributed by atoms with E-state index >= 15 is 0 Å². The number of hydrogen-bond acceptors (Lipinski definition) is 7. The lowest BCUT2D eigenvalue weighted by Crippen LogP contribution is -2.41. The summed E-state index contributed by atoms with van der Waals surface area (Å²) in [5.41, 5.74) is -0.811. The maximum atomic E-state index is 13.2. The third kappa shape index (κ3) is 6.26. The average molecular weight is 612 g/mol. The Labute approximate surface area is 224 Å². The van der Waals surface area contributed by atoms with Gasteiger partial charge in [0.15, 0.2) is 27.9 Å². The number of rotatable bonds is 8. The topological polar surface area (TPSA) is 105 Å². The van der Waals surface area contributed by atoms with Crippen LogP contribution in [0.3, 0.4) is 0 Å². The molecule has 0 aliphatic rings. The zero-order chi connectivity index (χ0) is 30.4. The van der Waals surface area contributed by atoms with Crippen molar-refractivity contribution >= 4 is 15.5 Å². The average Bonchev–Trinajstić information content (AvgIpc) is 3.21. The number of fused-ring (bicyclic) bond motifs is 1. The molecule has 4 aromatic rings. The van der Waals surface area contributed by atoms with Crippen LogP contribution in [0.5, 0.6) is 11.5 Å². The molecular formula is C23H16F8N4O5S. The first-order chi connectivity index (χ1) is 18.9. The van der Waals surface area contributed by atoms with Crippen LogP contribution in [-0.2, 0) is 9.84 Å². The van der Waals surface area contributed by atoms with Crippen molar-refractivity contribution in [2.24, 2.45) is 0 Å². The molecule has 3 aromatic heterocycles. The van der Waals surface area contributed by atoms with Crippen LogP contribution in [-0.4, -0.2) is 58.4 Å². The van der Waals surface area contributed by atoms with Gasteiger partial charge in [-0.05, 0) is 35.9 Å². The number of aromatic nitrogens is 4. The van der Waals surface area contributed by atoms with E-state index in [-0.39, 0.29) is 16.8 Å². The van der Waals surface area contributed by atoms with Crippen molar-refractivity contribution in [3.63, 3.8) is 0 Å². The van der Waals surface area contributed by atoms with Crippen molar-refractivity contribution < 1.29 is 53.0 Å². The summed E-state index contributed by atoms with van der Waals surface area (Å²) in [7, 11) is -4.10. The predicted octanol–water partition coefficient (Wildman–Crippen LogP) is 4.82. The van der Waals surface area contributed by atoms with E-state index in [4.69, 9.17) is 0 Å². The molecule has 0 unspecified atom stereocenters. The molecule has 0 atom stereocenters. The standard InChI is InChI=1S/C23H16F8N4O5S/c1-2-41(37,38)17-9-14(13-3-5-15(6-4-13)40-23(29,30)31)10-32-19(17)35-20(36)34-11-16(7-8-18(34)33-35)39-12-21(24,25)22(26,27)28/h3-11H,2,12H2,1H3. The van der Waals surface area contributed by atoms with E-state index in [1.54, 1.807) is 0 Å². The third-order valence-electron chi connectivity index (χ3n) is 5.49. The van der Waals surface area contributed by atoms with Gasteiger partial charge in [-0.2, -0.15) is 26.6 Å². The third-order valence-corrected chi connectivity index (χ3v) is 7.22. The van der Waals surface area contributed by atoms with Gasteiger partial charge in [0, 0.05) is 11.8 Å². The molecule has 0 radical (unpaired) electrons. The maximum absolute atomic E-state index is 13.2. The van der Waals surface area contributed by atoms with Crippen LogP contribution < -0.4 is 15.2 Å². The molecule has 0 amide bonds. The van der Waals surface area contributed by atoms with E-state index in [9.17, 15) is 48.3 Å². The zero-order valence-corrected chi connectivity index (χ0v) is 21.2. The first-order valence-corrected chi connectivity index (χ1v) is 12.9. The minimum absolute atomic E-state index is 0.150. The molecule has 0 fully saturated rings. The van der Waals surface area contributed by atoms with Gasteiger partial charge < -0.3 is 9.47 Å². The molecule has 18 heteroatoms. The van der Waals surface area contributed by atoms with Crippen molar-refractivity contribution in [3.05, 3.63) is 65.3 Å². The molecular weight excluding hydrogens is 596 g/mol. The molecule has 9 nitrogen and oxygen atoms in total. The lowest BCUT2D eigenvalue weighted by Gasteiger charge is -2.19. The Morgan fingerprint density at radius 1 is 0.902 bits per heavy atom. The van der Waals surface area contributed by atoms with Crippen molar-refractivity contribution in [1.82, 2.24) is 19.2 Å². The van der Waals surface area contributed by atoms with Gasteiger partial charge in [0.05, 0.1) is 11.9 Å². The van der Waals surface area contributed by atoms with Gasteiger partial charge in [-0.3, -0.25) is 0 Å². The molecule has 3 heterocycles. The van der Waals surface area contributed by atoms with Crippen LogP contribution in [0.1, 0.15) is 6.92 Å². The number of ether oxygens (including phenoxy) is 2. The largest absolute Gasteiger partial charge is 0.573 e. The highest BCUT2D eigenvalue weighted by Crippen LogP contribution is 2.36. The van der Waals surface area contributed by atoms with Gasteiger partial charge in [-0.15, -0.1) is 18.3 Å². The summed E-state index contributed by atoms with van der Waals surface area (Å²) in [6.07, 6.45) is -8.86. The van der Waals surface area contributed by atoms with E-state index < -0.39 is 68.6 Å². The Balaban J connectivity index is 1.74. The van der Waals surface area contributed by atoms with Crippen LogP contribution in [0.2, 0.25) is 0 Å². The number of pyridine rings is 2. The Morgan fingerprint density at radius 2 is 1.54 bits per heavy atom. The predicted molar refractivity (Wildman–Crippen MR) is 125 cm³/mol. The summed E-state index contributed by atoms with van der Waals surface area (Å²) >= 11 is 0. The quantitative estimate of drug-likeness (QED) is 0.263. The smallest absolute Gasteiger partial charge is 0.485 e. The summed E-state index contributed by atoms with van der Waals surface area (Å²) < 4.78 is 136. The fraction of sp³-hybridized carbons (Fsp3) is 0.261. The van der Waals surface area contributed by atoms with Crippen LogP contribution in [0.15, 0.2) is 64.5 Å². The van der Waals surface area contributed by atoms with Gasteiger partial charge in [-0.1, -0.05) is 19.1 Å². The molecule has 0 aliphatic heterocycles. The zero-order valence-electron chi connectivity index (χ0n) is 20.4. The second-order valence-electron chi connectivity index (χ2n) is 8.30. The SMILES string of the molecule is CCS(=O)(=O)c1cc(-c2ccc(OC(F)(F)F)cc2)cnc1-n1nc2ccc(OCC(F)(F)C(F)(F)F)cn2c1=O. The first-order valence-electron chi connectivity index (χ1n) is 11.2. The van der Waals surface area contributed by atoms with Crippen molar-refractivity contribution in [2.75, 3.05) is 12.4 Å². The summed E-state index contributed by atoms with van der Waals surface area (Å²) in [6.45, 7) is -0.752. The van der Waals surface area contributed by atoms with E-state index in [1.165, 1.54) is 19.1 Å². The van der Waals surface area contributed by atoms with E-state index in [1.807, 2.05) is 0 Å². The number of benzene rings is 1.